The van der Waals surface area contributed by atoms with Crippen molar-refractivity contribution in [3.05, 3.63) is 115 Å². The third-order valence-electron chi connectivity index (χ3n) is 6.08. The molecule has 0 saturated heterocycles. The van der Waals surface area contributed by atoms with Gasteiger partial charge in [0.25, 0.3) is 0 Å². The van der Waals surface area contributed by atoms with Gasteiger partial charge in [0.1, 0.15) is 5.58 Å². The molecule has 6 rings (SSSR count). The SMILES string of the molecule is Cc1ccc(-c2[c-]ccc3c2oc2cccc([Si](C)(C)C)c23)nc1.[Ir].[c-]1ccccc1-c1ccccn1. The van der Waals surface area contributed by atoms with E-state index < -0.39 is 8.07 Å². The summed E-state index contributed by atoms with van der Waals surface area (Å²) in [4.78, 5) is 8.78. The average Bonchev–Trinajstić information content (AvgIpc) is 3.29. The van der Waals surface area contributed by atoms with Gasteiger partial charge in [-0.25, -0.2) is 0 Å². The summed E-state index contributed by atoms with van der Waals surface area (Å²) in [6.07, 6.45) is 3.67. The van der Waals surface area contributed by atoms with Crippen molar-refractivity contribution in [3.63, 3.8) is 0 Å². The standard InChI is InChI=1S/C21H20NOSi.C11H8N.Ir/c1-14-11-12-17(22-13-14)15-7-5-8-16-20-18(23-21(15)16)9-6-10-19(20)24(2,3)4;1-2-6-10(7-3-1)11-8-4-5-9-12-11;/h5-6,8-13H,1-4H3;1-6,8-9H;/q2*-1;. The summed E-state index contributed by atoms with van der Waals surface area (Å²) in [5.41, 5.74) is 6.84. The van der Waals surface area contributed by atoms with Crippen LogP contribution >= 0.6 is 0 Å². The van der Waals surface area contributed by atoms with Gasteiger partial charge in [0.05, 0.1) is 13.7 Å². The van der Waals surface area contributed by atoms with Crippen LogP contribution < -0.4 is 5.19 Å². The fourth-order valence-corrected chi connectivity index (χ4v) is 5.90. The molecule has 0 bridgehead atoms. The van der Waals surface area contributed by atoms with Gasteiger partial charge in [-0.05, 0) is 36.0 Å². The number of hydrogen-bond donors (Lipinski definition) is 0. The molecule has 0 N–H and O–H groups in total. The van der Waals surface area contributed by atoms with Gasteiger partial charge >= 0.3 is 0 Å². The summed E-state index contributed by atoms with van der Waals surface area (Å²) in [6, 6.07) is 34.8. The number of furan rings is 1. The molecule has 3 nitrogen and oxygen atoms in total. The zero-order chi connectivity index (χ0) is 25.1. The van der Waals surface area contributed by atoms with Crippen LogP contribution in [0.2, 0.25) is 19.6 Å². The molecule has 0 atom stereocenters. The minimum Gasteiger partial charge on any atom is -0.501 e. The normalized spacial score (nSPS) is 11.0. The third-order valence-corrected chi connectivity index (χ3v) is 8.12. The summed E-state index contributed by atoms with van der Waals surface area (Å²) < 4.78 is 6.26. The van der Waals surface area contributed by atoms with Gasteiger partial charge in [0.15, 0.2) is 0 Å². The molecule has 37 heavy (non-hydrogen) atoms. The van der Waals surface area contributed by atoms with Crippen LogP contribution in [0.15, 0.2) is 102 Å². The van der Waals surface area contributed by atoms with Gasteiger partial charge in [-0.3, -0.25) is 0 Å². The molecule has 1 radical (unpaired) electrons. The fraction of sp³-hybridized carbons (Fsp3) is 0.125. The van der Waals surface area contributed by atoms with Crippen LogP contribution in [0.3, 0.4) is 0 Å². The molecule has 0 aliphatic heterocycles. The second kappa shape index (κ2) is 11.3. The van der Waals surface area contributed by atoms with Gasteiger partial charge in [-0.1, -0.05) is 72.2 Å². The van der Waals surface area contributed by atoms with E-state index in [-0.39, 0.29) is 20.1 Å². The number of aromatic nitrogens is 2. The van der Waals surface area contributed by atoms with Crippen molar-refractivity contribution in [2.24, 2.45) is 0 Å². The van der Waals surface area contributed by atoms with Crippen LogP contribution in [0.5, 0.6) is 0 Å². The summed E-state index contributed by atoms with van der Waals surface area (Å²) in [7, 11) is -1.47. The smallest absolute Gasteiger partial charge is 0.120 e. The molecule has 0 unspecified atom stereocenters. The van der Waals surface area contributed by atoms with Crippen molar-refractivity contribution in [1.29, 1.82) is 0 Å². The van der Waals surface area contributed by atoms with Crippen LogP contribution in [0, 0.1) is 19.1 Å². The van der Waals surface area contributed by atoms with Gasteiger partial charge in [0.2, 0.25) is 0 Å². The number of hydrogen-bond acceptors (Lipinski definition) is 3. The number of fused-ring (bicyclic) bond motifs is 3. The number of aryl methyl sites for hydroxylation is 1. The second-order valence-corrected chi connectivity index (χ2v) is 14.9. The molecule has 0 amide bonds. The molecule has 6 aromatic rings. The third kappa shape index (κ3) is 5.80. The van der Waals surface area contributed by atoms with Crippen molar-refractivity contribution in [1.82, 2.24) is 9.97 Å². The first kappa shape index (κ1) is 26.7. The van der Waals surface area contributed by atoms with Gasteiger partial charge < -0.3 is 14.4 Å². The maximum atomic E-state index is 6.26. The summed E-state index contributed by atoms with van der Waals surface area (Å²) in [5, 5.41) is 3.86. The Hall–Kier alpha value is -3.37. The van der Waals surface area contributed by atoms with Gasteiger partial charge in [-0.15, -0.1) is 54.1 Å². The minimum absolute atomic E-state index is 0. The van der Waals surface area contributed by atoms with Crippen LogP contribution in [0.4, 0.5) is 0 Å². The van der Waals surface area contributed by atoms with E-state index in [0.29, 0.717) is 0 Å². The van der Waals surface area contributed by atoms with E-state index in [1.807, 2.05) is 67.7 Å². The van der Waals surface area contributed by atoms with Crippen molar-refractivity contribution in [2.45, 2.75) is 26.6 Å². The number of rotatable bonds is 3. The summed E-state index contributed by atoms with van der Waals surface area (Å²) >= 11 is 0. The largest absolute Gasteiger partial charge is 0.501 e. The van der Waals surface area contributed by atoms with Crippen molar-refractivity contribution >= 4 is 35.2 Å². The topological polar surface area (TPSA) is 38.9 Å². The van der Waals surface area contributed by atoms with Crippen molar-refractivity contribution in [3.8, 4) is 22.5 Å². The maximum absolute atomic E-state index is 6.26. The summed E-state index contributed by atoms with van der Waals surface area (Å²) in [5.74, 6) is 0. The van der Waals surface area contributed by atoms with Crippen molar-refractivity contribution < 1.29 is 24.5 Å². The first-order valence-electron chi connectivity index (χ1n) is 12.1. The van der Waals surface area contributed by atoms with Gasteiger partial charge in [0, 0.05) is 37.9 Å². The Morgan fingerprint density at radius 3 is 2.27 bits per heavy atom. The van der Waals surface area contributed by atoms with Crippen LogP contribution in [-0.4, -0.2) is 18.0 Å². The van der Waals surface area contributed by atoms with E-state index in [1.165, 1.54) is 16.0 Å². The maximum Gasteiger partial charge on any atom is 0.120 e. The molecule has 3 heterocycles. The minimum atomic E-state index is -1.47. The number of pyridine rings is 2. The first-order valence-corrected chi connectivity index (χ1v) is 15.6. The molecule has 5 heteroatoms. The van der Waals surface area contributed by atoms with E-state index in [0.717, 1.165) is 39.2 Å². The van der Waals surface area contributed by atoms with E-state index in [9.17, 15) is 0 Å². The predicted molar refractivity (Wildman–Crippen MR) is 152 cm³/mol. The van der Waals surface area contributed by atoms with Gasteiger partial charge in [-0.2, -0.15) is 0 Å². The van der Waals surface area contributed by atoms with E-state index >= 15 is 0 Å². The molecule has 0 spiro atoms. The molecular weight excluding hydrogens is 649 g/mol. The Bertz CT molecular complexity index is 1570. The Morgan fingerprint density at radius 1 is 0.757 bits per heavy atom. The molecular formula is C32H28IrN2OSi-2. The fourth-order valence-electron chi connectivity index (χ4n) is 4.30. The second-order valence-electron chi connectivity index (χ2n) is 9.84. The Labute approximate surface area is 233 Å². The average molecular weight is 677 g/mol. The Kier molecular flexibility index (Phi) is 8.18. The molecule has 3 aromatic heterocycles. The van der Waals surface area contributed by atoms with Crippen LogP contribution in [0.1, 0.15) is 5.56 Å². The molecule has 3 aromatic carbocycles. The monoisotopic (exact) mass is 677 g/mol. The number of benzene rings is 3. The van der Waals surface area contributed by atoms with E-state index in [4.69, 9.17) is 4.42 Å². The molecule has 187 valence electrons. The summed E-state index contributed by atoms with van der Waals surface area (Å²) in [6.45, 7) is 9.16. The molecule has 0 aliphatic rings. The zero-order valence-corrected chi connectivity index (χ0v) is 24.8. The Morgan fingerprint density at radius 2 is 1.59 bits per heavy atom. The zero-order valence-electron chi connectivity index (χ0n) is 21.4. The van der Waals surface area contributed by atoms with E-state index in [1.54, 1.807) is 6.20 Å². The molecule has 0 saturated carbocycles. The van der Waals surface area contributed by atoms with Crippen LogP contribution in [-0.2, 0) is 20.1 Å². The van der Waals surface area contributed by atoms with Crippen molar-refractivity contribution in [2.75, 3.05) is 0 Å². The predicted octanol–water partition coefficient (Wildman–Crippen LogP) is 7.85. The van der Waals surface area contributed by atoms with Crippen LogP contribution in [0.25, 0.3) is 44.5 Å². The quantitative estimate of drug-likeness (QED) is 0.142. The molecule has 0 fully saturated rings. The first-order chi connectivity index (χ1) is 17.4. The van der Waals surface area contributed by atoms with E-state index in [2.05, 4.69) is 72.1 Å². The Balaban J connectivity index is 0.000000208. The molecule has 0 aliphatic carbocycles. The number of nitrogens with zero attached hydrogens (tertiary/aromatic N) is 2.